The van der Waals surface area contributed by atoms with Crippen LogP contribution >= 0.6 is 15.9 Å². The van der Waals surface area contributed by atoms with E-state index in [0.717, 1.165) is 10.0 Å². The number of benzene rings is 1. The van der Waals surface area contributed by atoms with Crippen molar-refractivity contribution in [3.63, 3.8) is 0 Å². The summed E-state index contributed by atoms with van der Waals surface area (Å²) in [5.41, 5.74) is 0.961. The van der Waals surface area contributed by atoms with Crippen LogP contribution in [0.4, 0.5) is 0 Å². The van der Waals surface area contributed by atoms with Crippen molar-refractivity contribution >= 4 is 25.8 Å². The number of rotatable bonds is 6. The molecule has 4 nitrogen and oxygen atoms in total. The van der Waals surface area contributed by atoms with E-state index >= 15 is 0 Å². The zero-order valence-corrected chi connectivity index (χ0v) is 12.9. The minimum atomic E-state index is -2.98. The van der Waals surface area contributed by atoms with E-state index in [9.17, 15) is 13.5 Å². The van der Waals surface area contributed by atoms with E-state index in [1.807, 2.05) is 36.2 Å². The summed E-state index contributed by atoms with van der Waals surface area (Å²) in [4.78, 5) is 1.85. The largest absolute Gasteiger partial charge is 0.394 e. The molecule has 1 aromatic rings. The average molecular weight is 336 g/mol. The van der Waals surface area contributed by atoms with Crippen LogP contribution in [-0.2, 0) is 9.84 Å². The fourth-order valence-corrected chi connectivity index (χ4v) is 2.72. The molecule has 0 bridgehead atoms. The maximum atomic E-state index is 11.1. The SMILES string of the molecule is CN(CCS(C)(=O)=O)C(CO)c1cccc(Br)c1. The number of sulfone groups is 1. The molecule has 0 heterocycles. The van der Waals surface area contributed by atoms with Gasteiger partial charge in [-0.2, -0.15) is 0 Å². The molecule has 0 amide bonds. The van der Waals surface area contributed by atoms with Crippen LogP contribution < -0.4 is 0 Å². The van der Waals surface area contributed by atoms with Crippen molar-refractivity contribution in [3.8, 4) is 0 Å². The monoisotopic (exact) mass is 335 g/mol. The van der Waals surface area contributed by atoms with E-state index in [2.05, 4.69) is 15.9 Å². The van der Waals surface area contributed by atoms with Crippen molar-refractivity contribution in [3.05, 3.63) is 34.3 Å². The van der Waals surface area contributed by atoms with Crippen molar-refractivity contribution in [2.45, 2.75) is 6.04 Å². The summed E-state index contributed by atoms with van der Waals surface area (Å²) < 4.78 is 23.2. The summed E-state index contributed by atoms with van der Waals surface area (Å²) in [7, 11) is -1.17. The van der Waals surface area contributed by atoms with Gasteiger partial charge in [0.05, 0.1) is 18.4 Å². The molecule has 0 aliphatic heterocycles. The molecule has 0 spiro atoms. The van der Waals surface area contributed by atoms with Gasteiger partial charge in [-0.25, -0.2) is 8.42 Å². The first-order chi connectivity index (χ1) is 8.33. The van der Waals surface area contributed by atoms with Gasteiger partial charge in [-0.05, 0) is 24.7 Å². The van der Waals surface area contributed by atoms with Crippen LogP contribution in [0.2, 0.25) is 0 Å². The van der Waals surface area contributed by atoms with Gasteiger partial charge in [-0.15, -0.1) is 0 Å². The molecular formula is C12H18BrNO3S. The normalized spacial score (nSPS) is 13.8. The molecule has 1 atom stereocenters. The molecule has 18 heavy (non-hydrogen) atoms. The molecule has 0 fully saturated rings. The maximum Gasteiger partial charge on any atom is 0.148 e. The van der Waals surface area contributed by atoms with Crippen molar-refractivity contribution in [2.75, 3.05) is 32.2 Å². The van der Waals surface area contributed by atoms with Crippen LogP contribution in [0.15, 0.2) is 28.7 Å². The van der Waals surface area contributed by atoms with Crippen LogP contribution in [0, 0.1) is 0 Å². The zero-order valence-electron chi connectivity index (χ0n) is 10.5. The predicted octanol–water partition coefficient (Wildman–Crippen LogP) is 1.46. The molecule has 0 saturated carbocycles. The number of aliphatic hydroxyl groups is 1. The maximum absolute atomic E-state index is 11.1. The van der Waals surface area contributed by atoms with Gasteiger partial charge in [0.1, 0.15) is 9.84 Å². The van der Waals surface area contributed by atoms with Crippen LogP contribution in [0.1, 0.15) is 11.6 Å². The molecule has 1 rings (SSSR count). The molecule has 1 aromatic carbocycles. The fraction of sp³-hybridized carbons (Fsp3) is 0.500. The van der Waals surface area contributed by atoms with Crippen molar-refractivity contribution in [1.82, 2.24) is 4.90 Å². The minimum absolute atomic E-state index is 0.0449. The Bertz CT molecular complexity index is 490. The smallest absolute Gasteiger partial charge is 0.148 e. The van der Waals surface area contributed by atoms with Gasteiger partial charge in [-0.3, -0.25) is 4.90 Å². The van der Waals surface area contributed by atoms with Gasteiger partial charge in [0, 0.05) is 17.3 Å². The Hall–Kier alpha value is -0.430. The molecular weight excluding hydrogens is 318 g/mol. The second-order valence-electron chi connectivity index (χ2n) is 4.36. The molecule has 6 heteroatoms. The lowest BCUT2D eigenvalue weighted by molar-refractivity contribution is 0.153. The number of halogens is 1. The van der Waals surface area contributed by atoms with Crippen molar-refractivity contribution < 1.29 is 13.5 Å². The van der Waals surface area contributed by atoms with E-state index in [1.165, 1.54) is 6.26 Å². The van der Waals surface area contributed by atoms with Crippen molar-refractivity contribution in [2.24, 2.45) is 0 Å². The van der Waals surface area contributed by atoms with E-state index in [-0.39, 0.29) is 18.4 Å². The van der Waals surface area contributed by atoms with Gasteiger partial charge in [-0.1, -0.05) is 28.1 Å². The zero-order chi connectivity index (χ0) is 13.8. The Balaban J connectivity index is 2.77. The number of hydrogen-bond acceptors (Lipinski definition) is 4. The highest BCUT2D eigenvalue weighted by atomic mass is 79.9. The summed E-state index contributed by atoms with van der Waals surface area (Å²) in [6.45, 7) is 0.354. The summed E-state index contributed by atoms with van der Waals surface area (Å²) in [5, 5.41) is 9.46. The van der Waals surface area contributed by atoms with Crippen LogP contribution in [0.3, 0.4) is 0 Å². The Morgan fingerprint density at radius 2 is 2.11 bits per heavy atom. The van der Waals surface area contributed by atoms with Crippen molar-refractivity contribution in [1.29, 1.82) is 0 Å². The summed E-state index contributed by atoms with van der Waals surface area (Å²) in [5.74, 6) is 0.0913. The third-order valence-corrected chi connectivity index (χ3v) is 4.17. The summed E-state index contributed by atoms with van der Waals surface area (Å²) in [6, 6.07) is 7.46. The topological polar surface area (TPSA) is 57.6 Å². The van der Waals surface area contributed by atoms with E-state index in [1.54, 1.807) is 0 Å². The van der Waals surface area contributed by atoms with Gasteiger partial charge >= 0.3 is 0 Å². The molecule has 0 aromatic heterocycles. The highest BCUT2D eigenvalue weighted by Crippen LogP contribution is 2.22. The molecule has 0 radical (unpaired) electrons. The summed E-state index contributed by atoms with van der Waals surface area (Å²) in [6.07, 6.45) is 1.22. The molecule has 0 aliphatic rings. The van der Waals surface area contributed by atoms with Gasteiger partial charge < -0.3 is 5.11 Å². The van der Waals surface area contributed by atoms with E-state index in [4.69, 9.17) is 0 Å². The lowest BCUT2D eigenvalue weighted by Crippen LogP contribution is -2.31. The second kappa shape index (κ2) is 6.65. The van der Waals surface area contributed by atoms with Crippen LogP contribution in [-0.4, -0.2) is 50.6 Å². The average Bonchev–Trinajstić information content (AvgIpc) is 2.26. The third kappa shape index (κ3) is 5.06. The van der Waals surface area contributed by atoms with Gasteiger partial charge in [0.25, 0.3) is 0 Å². The van der Waals surface area contributed by atoms with Gasteiger partial charge in [0.2, 0.25) is 0 Å². The lowest BCUT2D eigenvalue weighted by Gasteiger charge is -2.26. The number of hydrogen-bond donors (Lipinski definition) is 1. The Kier molecular flexibility index (Phi) is 5.78. The Labute approximate surface area is 117 Å². The van der Waals surface area contributed by atoms with Crippen LogP contribution in [0.25, 0.3) is 0 Å². The van der Waals surface area contributed by atoms with E-state index in [0.29, 0.717) is 6.54 Å². The highest BCUT2D eigenvalue weighted by Gasteiger charge is 2.17. The quantitative estimate of drug-likeness (QED) is 0.855. The molecule has 0 aliphatic carbocycles. The first kappa shape index (κ1) is 15.6. The first-order valence-corrected chi connectivity index (χ1v) is 8.43. The number of nitrogens with zero attached hydrogens (tertiary/aromatic N) is 1. The first-order valence-electron chi connectivity index (χ1n) is 5.58. The molecule has 1 N–H and O–H groups in total. The molecule has 1 unspecified atom stereocenters. The lowest BCUT2D eigenvalue weighted by atomic mass is 10.1. The summed E-state index contributed by atoms with van der Waals surface area (Å²) >= 11 is 3.38. The Morgan fingerprint density at radius 3 is 2.61 bits per heavy atom. The standard InChI is InChI=1S/C12H18BrNO3S/c1-14(6-7-18(2,16)17)12(9-15)10-4-3-5-11(13)8-10/h3-5,8,12,15H,6-7,9H2,1-2H3. The fourth-order valence-electron chi connectivity index (χ4n) is 1.68. The molecule has 0 saturated heterocycles. The number of likely N-dealkylation sites (N-methyl/N-ethyl adjacent to an activating group) is 1. The van der Waals surface area contributed by atoms with E-state index < -0.39 is 9.84 Å². The Morgan fingerprint density at radius 1 is 1.44 bits per heavy atom. The predicted molar refractivity (Wildman–Crippen MR) is 76.3 cm³/mol. The number of aliphatic hydroxyl groups excluding tert-OH is 1. The molecule has 102 valence electrons. The van der Waals surface area contributed by atoms with Crippen LogP contribution in [0.5, 0.6) is 0 Å². The second-order valence-corrected chi connectivity index (χ2v) is 7.54. The van der Waals surface area contributed by atoms with Gasteiger partial charge in [0.15, 0.2) is 0 Å². The third-order valence-electron chi connectivity index (χ3n) is 2.75. The minimum Gasteiger partial charge on any atom is -0.394 e. The highest BCUT2D eigenvalue weighted by molar-refractivity contribution is 9.10.